The van der Waals surface area contributed by atoms with E-state index in [1.54, 1.807) is 0 Å². The molecule has 0 saturated carbocycles. The first-order valence-corrected chi connectivity index (χ1v) is 16.6. The van der Waals surface area contributed by atoms with Crippen molar-refractivity contribution in [1.29, 1.82) is 0 Å². The van der Waals surface area contributed by atoms with E-state index in [9.17, 15) is 4.79 Å². The molecule has 5 heterocycles. The fraction of sp³-hybridized carbons (Fsp3) is 0.515. The van der Waals surface area contributed by atoms with Crippen LogP contribution in [0.25, 0.3) is 32.5 Å². The monoisotopic (exact) mass is 618 g/mol. The lowest BCUT2D eigenvalue weighted by Crippen LogP contribution is -2.55. The van der Waals surface area contributed by atoms with Crippen molar-refractivity contribution in [2.24, 2.45) is 5.41 Å². The first-order chi connectivity index (χ1) is 21.3. The van der Waals surface area contributed by atoms with Crippen LogP contribution in [0.1, 0.15) is 39.5 Å². The third kappa shape index (κ3) is 6.96. The number of hydrogen-bond donors (Lipinski definition) is 2. The van der Waals surface area contributed by atoms with Crippen molar-refractivity contribution in [3.8, 4) is 11.4 Å². The number of carbonyl (C=O) groups excluding carboxylic acids is 1. The number of nitrogens with zero attached hydrogens (tertiary/aromatic N) is 6. The Labute approximate surface area is 264 Å². The highest BCUT2D eigenvalue weighted by molar-refractivity contribution is 7.19. The molecule has 1 unspecified atom stereocenters. The van der Waals surface area contributed by atoms with Gasteiger partial charge in [-0.15, -0.1) is 11.3 Å². The van der Waals surface area contributed by atoms with Crippen molar-refractivity contribution >= 4 is 44.2 Å². The number of aromatic nitrogens is 4. The number of hydrogen-bond acceptors (Lipinski definition) is 9. The van der Waals surface area contributed by atoms with Crippen molar-refractivity contribution in [3.63, 3.8) is 0 Å². The number of benzene rings is 1. The lowest BCUT2D eigenvalue weighted by molar-refractivity contribution is -0.117. The topological polar surface area (TPSA) is 103 Å². The van der Waals surface area contributed by atoms with Crippen molar-refractivity contribution in [2.75, 3.05) is 63.9 Å². The molecular weight excluding hydrogens is 572 g/mol. The van der Waals surface area contributed by atoms with Crippen LogP contribution >= 0.6 is 11.3 Å². The van der Waals surface area contributed by atoms with Gasteiger partial charge in [-0.25, -0.2) is 9.97 Å². The first kappa shape index (κ1) is 32.0. The largest absolute Gasteiger partial charge is 0.378 e. The number of H-pyrrole nitrogens is 1. The third-order valence-electron chi connectivity index (χ3n) is 8.81. The molecular formula is C33H46N8O2S. The summed E-state index contributed by atoms with van der Waals surface area (Å²) in [5.74, 6) is 1.62. The van der Waals surface area contributed by atoms with Gasteiger partial charge in [0.1, 0.15) is 0 Å². The number of piperazine rings is 1. The molecule has 2 fully saturated rings. The predicted octanol–water partition coefficient (Wildman–Crippen LogP) is 4.93. The van der Waals surface area contributed by atoms with Crippen LogP contribution in [-0.4, -0.2) is 101 Å². The van der Waals surface area contributed by atoms with Crippen LogP contribution in [-0.2, 0) is 16.1 Å². The van der Waals surface area contributed by atoms with E-state index < -0.39 is 0 Å². The van der Waals surface area contributed by atoms with Gasteiger partial charge >= 0.3 is 0 Å². The van der Waals surface area contributed by atoms with Crippen LogP contribution in [0.15, 0.2) is 43.1 Å². The standard InChI is InChI=1S/C31H40N8O2S.C2H6/c1-5-27(40)32-20-31(3,4)21(2)38-11-9-37(10-12-38)19-22-17-26-28(42-22)30(39-13-15-41-16-14-39)35-29(34-26)23-7-6-8-25-24(23)18-33-36-25;1-2/h5-8,17-18,21H,1,9-16,19-20H2,2-4H3,(H,32,40)(H,33,36);1-2H3. The Morgan fingerprint density at radius 3 is 2.64 bits per heavy atom. The fourth-order valence-electron chi connectivity index (χ4n) is 5.87. The first-order valence-electron chi connectivity index (χ1n) is 15.7. The minimum atomic E-state index is -0.115. The summed E-state index contributed by atoms with van der Waals surface area (Å²) < 4.78 is 6.79. The minimum absolute atomic E-state index is 0.0423. The second kappa shape index (κ2) is 14.2. The number of anilines is 1. The highest BCUT2D eigenvalue weighted by Gasteiger charge is 2.33. The molecule has 2 aliphatic rings. The minimum Gasteiger partial charge on any atom is -0.378 e. The number of amides is 1. The van der Waals surface area contributed by atoms with Gasteiger partial charge < -0.3 is 15.0 Å². The molecule has 1 aromatic carbocycles. The zero-order chi connectivity index (χ0) is 31.3. The number of nitrogens with one attached hydrogen (secondary N) is 2. The molecule has 44 heavy (non-hydrogen) atoms. The molecule has 2 aliphatic heterocycles. The van der Waals surface area contributed by atoms with E-state index >= 15 is 0 Å². The highest BCUT2D eigenvalue weighted by Crippen LogP contribution is 2.36. The van der Waals surface area contributed by atoms with Crippen molar-refractivity contribution in [3.05, 3.63) is 48.0 Å². The molecule has 4 aromatic rings. The van der Waals surface area contributed by atoms with Gasteiger partial charge in [0.25, 0.3) is 0 Å². The smallest absolute Gasteiger partial charge is 0.243 e. The number of fused-ring (bicyclic) bond motifs is 2. The number of carbonyl (C=O) groups is 1. The average Bonchev–Trinajstić information content (AvgIpc) is 3.71. The Balaban J connectivity index is 0.00000188. The number of thiophene rings is 1. The van der Waals surface area contributed by atoms with Crippen molar-refractivity contribution in [1.82, 2.24) is 35.3 Å². The Morgan fingerprint density at radius 2 is 1.91 bits per heavy atom. The summed E-state index contributed by atoms with van der Waals surface area (Å²) in [5.41, 5.74) is 2.92. The van der Waals surface area contributed by atoms with Crippen molar-refractivity contribution < 1.29 is 9.53 Å². The molecule has 0 bridgehead atoms. The molecule has 0 aliphatic carbocycles. The molecule has 11 heteroatoms. The molecule has 0 spiro atoms. The maximum Gasteiger partial charge on any atom is 0.243 e. The summed E-state index contributed by atoms with van der Waals surface area (Å²) >= 11 is 1.81. The molecule has 1 amide bonds. The average molecular weight is 619 g/mol. The van der Waals surface area contributed by atoms with Gasteiger partial charge in [0.2, 0.25) is 5.91 Å². The fourth-order valence-corrected chi connectivity index (χ4v) is 7.03. The van der Waals surface area contributed by atoms with Gasteiger partial charge in [-0.1, -0.05) is 46.4 Å². The molecule has 236 valence electrons. The summed E-state index contributed by atoms with van der Waals surface area (Å²) in [6.45, 7) is 22.9. The van der Waals surface area contributed by atoms with E-state index in [4.69, 9.17) is 14.7 Å². The zero-order valence-corrected chi connectivity index (χ0v) is 27.5. The van der Waals surface area contributed by atoms with Gasteiger partial charge in [0.15, 0.2) is 11.6 Å². The summed E-state index contributed by atoms with van der Waals surface area (Å²) in [6.07, 6.45) is 3.19. The van der Waals surface area contributed by atoms with Gasteiger partial charge in [-0.3, -0.25) is 19.7 Å². The summed E-state index contributed by atoms with van der Waals surface area (Å²) in [4.78, 5) is 30.7. The molecule has 2 saturated heterocycles. The van der Waals surface area contributed by atoms with Crippen LogP contribution in [0, 0.1) is 5.41 Å². The molecule has 3 aromatic heterocycles. The molecule has 0 radical (unpaired) electrons. The van der Waals surface area contributed by atoms with E-state index in [1.807, 2.05) is 43.5 Å². The second-order valence-corrected chi connectivity index (χ2v) is 13.1. The maximum absolute atomic E-state index is 11.7. The van der Waals surface area contributed by atoms with E-state index in [2.05, 4.69) is 69.7 Å². The third-order valence-corrected chi connectivity index (χ3v) is 9.91. The zero-order valence-electron chi connectivity index (χ0n) is 26.7. The Morgan fingerprint density at radius 1 is 1.16 bits per heavy atom. The second-order valence-electron chi connectivity index (χ2n) is 11.9. The van der Waals surface area contributed by atoms with Crippen LogP contribution in [0.4, 0.5) is 5.82 Å². The number of rotatable bonds is 9. The number of ether oxygens (including phenoxy) is 1. The predicted molar refractivity (Wildman–Crippen MR) is 180 cm³/mol. The van der Waals surface area contributed by atoms with Crippen molar-refractivity contribution in [2.45, 2.75) is 47.2 Å². The van der Waals surface area contributed by atoms with E-state index in [0.717, 1.165) is 84.1 Å². The quantitative estimate of drug-likeness (QED) is 0.255. The molecule has 10 nitrogen and oxygen atoms in total. The highest BCUT2D eigenvalue weighted by atomic mass is 32.1. The molecule has 6 rings (SSSR count). The summed E-state index contributed by atoms with van der Waals surface area (Å²) in [6, 6.07) is 8.72. The van der Waals surface area contributed by atoms with Crippen LogP contribution in [0.2, 0.25) is 0 Å². The normalized spacial score (nSPS) is 17.3. The van der Waals surface area contributed by atoms with Crippen LogP contribution < -0.4 is 10.2 Å². The van der Waals surface area contributed by atoms with Gasteiger partial charge in [-0.05, 0) is 30.5 Å². The Bertz CT molecular complexity index is 1570. The van der Waals surface area contributed by atoms with E-state index in [1.165, 1.54) is 11.0 Å². The van der Waals surface area contributed by atoms with Crippen LogP contribution in [0.5, 0.6) is 0 Å². The Hall–Kier alpha value is -3.38. The number of aromatic amines is 1. The lowest BCUT2D eigenvalue weighted by Gasteiger charge is -2.44. The van der Waals surface area contributed by atoms with E-state index in [-0.39, 0.29) is 11.3 Å². The summed E-state index contributed by atoms with van der Waals surface area (Å²) in [7, 11) is 0. The molecule has 2 N–H and O–H groups in total. The van der Waals surface area contributed by atoms with Crippen LogP contribution in [0.3, 0.4) is 0 Å². The van der Waals surface area contributed by atoms with E-state index in [0.29, 0.717) is 25.8 Å². The van der Waals surface area contributed by atoms with Gasteiger partial charge in [0.05, 0.1) is 35.1 Å². The number of morpholine rings is 1. The lowest BCUT2D eigenvalue weighted by atomic mass is 9.84. The van der Waals surface area contributed by atoms with Gasteiger partial charge in [0, 0.05) is 74.2 Å². The molecule has 1 atom stereocenters. The van der Waals surface area contributed by atoms with Gasteiger partial charge in [-0.2, -0.15) is 5.10 Å². The SMILES string of the molecule is C=CC(=O)NCC(C)(C)C(C)N1CCN(Cc2cc3nc(-c4cccc5[nH]ncc45)nc(N4CCOCC4)c3s2)CC1.CC. The summed E-state index contributed by atoms with van der Waals surface area (Å²) in [5, 5.41) is 11.3. The Kier molecular flexibility index (Phi) is 10.3. The maximum atomic E-state index is 11.7.